The standard InChI is InChI=1S/C35H38N4O/c1-27(38(25-28-12-5-2-6-13-28)26-29-14-7-3-8-15-29)24-37-22-20-31(21-23-37)39-34-32(30-16-9-4-10-17-30)18-11-19-33(34)36-35(39)40/h2-19,27,31H,20-26H2,1H3,(H,36,40)/t27-/m0/s1. The van der Waals surface area contributed by atoms with Crippen LogP contribution in [0.25, 0.3) is 22.2 Å². The van der Waals surface area contributed by atoms with Crippen molar-refractivity contribution in [2.45, 2.75) is 44.9 Å². The summed E-state index contributed by atoms with van der Waals surface area (Å²) in [5, 5.41) is 0. The largest absolute Gasteiger partial charge is 0.326 e. The molecule has 0 radical (unpaired) electrons. The van der Waals surface area contributed by atoms with Crippen LogP contribution in [0.2, 0.25) is 0 Å². The quantitative estimate of drug-likeness (QED) is 0.230. The number of imidazole rings is 1. The average Bonchev–Trinajstić information content (AvgIpc) is 3.34. The zero-order chi connectivity index (χ0) is 27.3. The topological polar surface area (TPSA) is 44.3 Å². The SMILES string of the molecule is C[C@@H](CN1CCC(n2c(=O)[nH]c3cccc(-c4ccccc4)c32)CC1)N(Cc1ccccc1)Cc1ccccc1. The normalized spacial score (nSPS) is 15.6. The molecule has 0 bridgehead atoms. The molecule has 2 heterocycles. The maximum absolute atomic E-state index is 13.2. The highest BCUT2D eigenvalue weighted by Crippen LogP contribution is 2.32. The molecule has 1 saturated heterocycles. The van der Waals surface area contributed by atoms with Gasteiger partial charge >= 0.3 is 5.69 Å². The second-order valence-corrected chi connectivity index (χ2v) is 11.1. The number of para-hydroxylation sites is 1. The molecule has 0 unspecified atom stereocenters. The first kappa shape index (κ1) is 26.3. The number of nitrogens with zero attached hydrogens (tertiary/aromatic N) is 3. The van der Waals surface area contributed by atoms with Crippen LogP contribution in [0.3, 0.4) is 0 Å². The number of H-pyrrole nitrogens is 1. The first-order valence-electron chi connectivity index (χ1n) is 14.5. The van der Waals surface area contributed by atoms with E-state index in [9.17, 15) is 4.79 Å². The molecule has 5 aromatic rings. The maximum atomic E-state index is 13.2. The highest BCUT2D eigenvalue weighted by Gasteiger charge is 2.27. The Morgan fingerprint density at radius 3 is 1.95 bits per heavy atom. The third-order valence-corrected chi connectivity index (χ3v) is 8.35. The van der Waals surface area contributed by atoms with Crippen molar-refractivity contribution in [3.05, 3.63) is 131 Å². The van der Waals surface area contributed by atoms with Crippen molar-refractivity contribution in [2.75, 3.05) is 19.6 Å². The first-order chi connectivity index (χ1) is 19.7. The predicted octanol–water partition coefficient (Wildman–Crippen LogP) is 6.72. The summed E-state index contributed by atoms with van der Waals surface area (Å²) in [5.41, 5.74) is 6.90. The van der Waals surface area contributed by atoms with Gasteiger partial charge in [0.15, 0.2) is 0 Å². The van der Waals surface area contributed by atoms with Crippen LogP contribution in [0.1, 0.15) is 36.9 Å². The Hall–Kier alpha value is -3.93. The van der Waals surface area contributed by atoms with E-state index in [-0.39, 0.29) is 11.7 Å². The van der Waals surface area contributed by atoms with Gasteiger partial charge in [0.25, 0.3) is 0 Å². The minimum atomic E-state index is 0.00194. The third-order valence-electron chi connectivity index (χ3n) is 8.35. The van der Waals surface area contributed by atoms with E-state index in [1.54, 1.807) is 0 Å². The Morgan fingerprint density at radius 1 is 0.775 bits per heavy atom. The summed E-state index contributed by atoms with van der Waals surface area (Å²) in [5.74, 6) is 0. The number of hydrogen-bond donors (Lipinski definition) is 1. The number of nitrogens with one attached hydrogen (secondary N) is 1. The van der Waals surface area contributed by atoms with E-state index in [2.05, 4.69) is 113 Å². The molecule has 1 fully saturated rings. The summed E-state index contributed by atoms with van der Waals surface area (Å²) < 4.78 is 2.04. The second-order valence-electron chi connectivity index (χ2n) is 11.1. The van der Waals surface area contributed by atoms with Crippen LogP contribution in [0.5, 0.6) is 0 Å². The van der Waals surface area contributed by atoms with E-state index >= 15 is 0 Å². The zero-order valence-corrected chi connectivity index (χ0v) is 23.2. The van der Waals surface area contributed by atoms with Gasteiger partial charge in [0.2, 0.25) is 0 Å². The smallest absolute Gasteiger partial charge is 0.306 e. The van der Waals surface area contributed by atoms with Gasteiger partial charge in [-0.15, -0.1) is 0 Å². The first-order valence-corrected chi connectivity index (χ1v) is 14.5. The molecule has 1 N–H and O–H groups in total. The predicted molar refractivity (Wildman–Crippen MR) is 164 cm³/mol. The van der Waals surface area contributed by atoms with Crippen LogP contribution < -0.4 is 5.69 Å². The van der Waals surface area contributed by atoms with Crippen molar-refractivity contribution < 1.29 is 0 Å². The van der Waals surface area contributed by atoms with Crippen molar-refractivity contribution in [3.63, 3.8) is 0 Å². The molecule has 1 aliphatic rings. The lowest BCUT2D eigenvalue weighted by Gasteiger charge is -2.37. The summed E-state index contributed by atoms with van der Waals surface area (Å²) in [7, 11) is 0. The van der Waals surface area contributed by atoms with Crippen LogP contribution in [0, 0.1) is 0 Å². The number of hydrogen-bond acceptors (Lipinski definition) is 3. The minimum Gasteiger partial charge on any atom is -0.306 e. The Labute approximate surface area is 236 Å². The van der Waals surface area contributed by atoms with Gasteiger partial charge in [-0.1, -0.05) is 103 Å². The van der Waals surface area contributed by atoms with Gasteiger partial charge in [-0.25, -0.2) is 4.79 Å². The van der Waals surface area contributed by atoms with E-state index in [1.807, 2.05) is 22.8 Å². The number of rotatable bonds is 9. The number of aromatic nitrogens is 2. The van der Waals surface area contributed by atoms with Crippen LogP contribution >= 0.6 is 0 Å². The number of aromatic amines is 1. The molecule has 5 heteroatoms. The van der Waals surface area contributed by atoms with Crippen molar-refractivity contribution in [1.29, 1.82) is 0 Å². The molecule has 1 aromatic heterocycles. The molecule has 0 spiro atoms. The van der Waals surface area contributed by atoms with Crippen LogP contribution in [0.15, 0.2) is 114 Å². The maximum Gasteiger partial charge on any atom is 0.326 e. The summed E-state index contributed by atoms with van der Waals surface area (Å²) >= 11 is 0. The molecular formula is C35H38N4O. The molecule has 1 aliphatic heterocycles. The van der Waals surface area contributed by atoms with Gasteiger partial charge in [-0.05, 0) is 42.5 Å². The summed E-state index contributed by atoms with van der Waals surface area (Å²) in [6.07, 6.45) is 1.94. The number of benzene rings is 4. The van der Waals surface area contributed by atoms with Crippen molar-refractivity contribution in [3.8, 4) is 11.1 Å². The highest BCUT2D eigenvalue weighted by molar-refractivity contribution is 5.92. The third kappa shape index (κ3) is 5.81. The van der Waals surface area contributed by atoms with Crippen LogP contribution in [-0.4, -0.2) is 45.0 Å². The fourth-order valence-corrected chi connectivity index (χ4v) is 6.23. The molecule has 1 atom stereocenters. The van der Waals surface area contributed by atoms with Gasteiger partial charge < -0.3 is 9.88 Å². The van der Waals surface area contributed by atoms with Crippen molar-refractivity contribution in [2.24, 2.45) is 0 Å². The highest BCUT2D eigenvalue weighted by atomic mass is 16.1. The van der Waals surface area contributed by atoms with E-state index in [0.717, 1.165) is 67.7 Å². The van der Waals surface area contributed by atoms with Crippen LogP contribution in [0.4, 0.5) is 0 Å². The van der Waals surface area contributed by atoms with Crippen molar-refractivity contribution in [1.82, 2.24) is 19.4 Å². The minimum absolute atomic E-state index is 0.00194. The summed E-state index contributed by atoms with van der Waals surface area (Å²) in [6.45, 7) is 7.22. The van der Waals surface area contributed by atoms with Gasteiger partial charge in [0.1, 0.15) is 0 Å². The van der Waals surface area contributed by atoms with E-state index in [4.69, 9.17) is 0 Å². The Balaban J connectivity index is 1.17. The molecule has 204 valence electrons. The van der Waals surface area contributed by atoms with Gasteiger partial charge in [-0.2, -0.15) is 0 Å². The zero-order valence-electron chi connectivity index (χ0n) is 23.2. The monoisotopic (exact) mass is 530 g/mol. The lowest BCUT2D eigenvalue weighted by molar-refractivity contribution is 0.111. The number of fused-ring (bicyclic) bond motifs is 1. The fourth-order valence-electron chi connectivity index (χ4n) is 6.23. The van der Waals surface area contributed by atoms with Crippen LogP contribution in [-0.2, 0) is 13.1 Å². The van der Waals surface area contributed by atoms with Gasteiger partial charge in [0, 0.05) is 50.4 Å². The Morgan fingerprint density at radius 2 is 1.35 bits per heavy atom. The molecule has 40 heavy (non-hydrogen) atoms. The van der Waals surface area contributed by atoms with E-state index < -0.39 is 0 Å². The Kier molecular flexibility index (Phi) is 7.94. The number of likely N-dealkylation sites (tertiary alicyclic amines) is 1. The molecule has 0 amide bonds. The molecule has 0 saturated carbocycles. The van der Waals surface area contributed by atoms with E-state index in [0.29, 0.717) is 6.04 Å². The summed E-state index contributed by atoms with van der Waals surface area (Å²) in [4.78, 5) is 21.5. The molecule has 0 aliphatic carbocycles. The number of piperidine rings is 1. The van der Waals surface area contributed by atoms with Gasteiger partial charge in [0.05, 0.1) is 11.0 Å². The van der Waals surface area contributed by atoms with Crippen molar-refractivity contribution >= 4 is 11.0 Å². The molecule has 4 aromatic carbocycles. The fraction of sp³-hybridized carbons (Fsp3) is 0.286. The summed E-state index contributed by atoms with van der Waals surface area (Å²) in [6, 6.07) is 38.7. The molecular weight excluding hydrogens is 492 g/mol. The lowest BCUT2D eigenvalue weighted by Crippen LogP contribution is -2.45. The molecule has 5 nitrogen and oxygen atoms in total. The van der Waals surface area contributed by atoms with E-state index in [1.165, 1.54) is 11.1 Å². The molecule has 6 rings (SSSR count). The average molecular weight is 531 g/mol. The Bertz CT molecular complexity index is 1530. The van der Waals surface area contributed by atoms with Gasteiger partial charge in [-0.3, -0.25) is 9.47 Å². The second kappa shape index (κ2) is 12.1. The lowest BCUT2D eigenvalue weighted by atomic mass is 10.0.